The fourth-order valence-corrected chi connectivity index (χ4v) is 1.20. The summed E-state index contributed by atoms with van der Waals surface area (Å²) in [5, 5.41) is 10.9. The first kappa shape index (κ1) is 13.5. The van der Waals surface area contributed by atoms with Crippen molar-refractivity contribution < 1.29 is 19.4 Å². The number of carboxylic acid groups (broad SMARTS) is 1. The van der Waals surface area contributed by atoms with Gasteiger partial charge in [0.2, 0.25) is 0 Å². The number of ether oxygens (including phenoxy) is 1. The molecule has 1 atom stereocenters. The number of hydrogen-bond acceptors (Lipinski definition) is 3. The van der Waals surface area contributed by atoms with E-state index >= 15 is 0 Å². The van der Waals surface area contributed by atoms with Gasteiger partial charge in [-0.05, 0) is 5.56 Å². The molecule has 92 valence electrons. The summed E-state index contributed by atoms with van der Waals surface area (Å²) < 4.78 is 4.89. The lowest BCUT2D eigenvalue weighted by atomic mass is 10.2. The molecule has 0 saturated carbocycles. The van der Waals surface area contributed by atoms with Crippen LogP contribution in [0.25, 0.3) is 0 Å². The van der Waals surface area contributed by atoms with Gasteiger partial charge in [-0.1, -0.05) is 46.3 Å². The Balaban J connectivity index is 2.24. The Kier molecular flexibility index (Phi) is 5.48. The summed E-state index contributed by atoms with van der Waals surface area (Å²) in [5.41, 5.74) is 0.872. The molecule has 0 aromatic heterocycles. The number of alkyl carbamates (subject to hydrolysis) is 1. The molecule has 1 aromatic carbocycles. The third-order valence-electron chi connectivity index (χ3n) is 1.91. The highest BCUT2D eigenvalue weighted by Crippen LogP contribution is 2.01. The minimum Gasteiger partial charge on any atom is -0.480 e. The summed E-state index contributed by atoms with van der Waals surface area (Å²) in [6.45, 7) is 0.135. The number of carbonyl (C=O) groups excluding carboxylic acids is 1. The zero-order valence-corrected chi connectivity index (χ0v) is 10.5. The monoisotopic (exact) mass is 301 g/mol. The lowest BCUT2D eigenvalue weighted by molar-refractivity contribution is -0.136. The molecule has 0 saturated heterocycles. The van der Waals surface area contributed by atoms with E-state index in [9.17, 15) is 9.59 Å². The van der Waals surface area contributed by atoms with Gasteiger partial charge in [-0.25, -0.2) is 4.79 Å². The van der Waals surface area contributed by atoms with E-state index in [-0.39, 0.29) is 13.2 Å². The molecule has 1 aromatic rings. The summed E-state index contributed by atoms with van der Waals surface area (Å²) in [7, 11) is 0. The first-order valence-corrected chi connectivity index (χ1v) is 5.82. The number of nitrogens with one attached hydrogen (secondary N) is 1. The fourth-order valence-electron chi connectivity index (χ4n) is 1.03. The Hall–Kier alpha value is -1.56. The summed E-state index contributed by atoms with van der Waals surface area (Å²) in [5.74, 6) is -1.03. The number of halogens is 1. The molecular formula is C11H12BrNO4. The number of carbonyl (C=O) groups is 2. The van der Waals surface area contributed by atoms with Crippen molar-refractivity contribution in [2.24, 2.45) is 0 Å². The summed E-state index contributed by atoms with van der Waals surface area (Å²) in [6, 6.07) is 9.21. The Morgan fingerprint density at radius 1 is 1.35 bits per heavy atom. The van der Waals surface area contributed by atoms with Crippen molar-refractivity contribution in [1.29, 1.82) is 0 Å². The summed E-state index contributed by atoms with van der Waals surface area (Å²) in [4.78, 5) is 20.8. The molecule has 0 aliphatic heterocycles. The molecule has 2 N–H and O–H groups in total. The maximum atomic E-state index is 11.2. The van der Waals surface area contributed by atoms with Gasteiger partial charge in [-0.3, -0.25) is 4.79 Å². The normalized spacial score (nSPS) is 11.6. The van der Waals surface area contributed by atoms with E-state index in [0.717, 1.165) is 5.56 Å². The van der Waals surface area contributed by atoms with E-state index in [1.54, 1.807) is 0 Å². The van der Waals surface area contributed by atoms with E-state index < -0.39 is 16.9 Å². The average molecular weight is 302 g/mol. The summed E-state index contributed by atoms with van der Waals surface area (Å²) in [6.07, 6.45) is -0.639. The van der Waals surface area contributed by atoms with Gasteiger partial charge in [0.1, 0.15) is 11.4 Å². The van der Waals surface area contributed by atoms with Crippen LogP contribution < -0.4 is 5.32 Å². The average Bonchev–Trinajstić information content (AvgIpc) is 2.34. The molecular weight excluding hydrogens is 290 g/mol. The molecule has 0 radical (unpaired) electrons. The predicted molar refractivity (Wildman–Crippen MR) is 65.0 cm³/mol. The second-order valence-electron chi connectivity index (χ2n) is 3.25. The Morgan fingerprint density at radius 3 is 2.59 bits per heavy atom. The van der Waals surface area contributed by atoms with Crippen molar-refractivity contribution in [3.05, 3.63) is 35.9 Å². The molecule has 0 aliphatic carbocycles. The molecule has 1 rings (SSSR count). The molecule has 6 heteroatoms. The zero-order valence-electron chi connectivity index (χ0n) is 8.93. The Bertz CT molecular complexity index is 382. The number of benzene rings is 1. The van der Waals surface area contributed by atoms with Crippen LogP contribution in [0.1, 0.15) is 5.56 Å². The first-order chi connectivity index (χ1) is 8.09. The van der Waals surface area contributed by atoms with Crippen molar-refractivity contribution in [1.82, 2.24) is 5.32 Å². The van der Waals surface area contributed by atoms with Crippen LogP contribution >= 0.6 is 15.9 Å². The van der Waals surface area contributed by atoms with Crippen LogP contribution in [0.3, 0.4) is 0 Å². The molecule has 0 heterocycles. The second-order valence-corrected chi connectivity index (χ2v) is 4.35. The van der Waals surface area contributed by atoms with E-state index in [0.29, 0.717) is 0 Å². The van der Waals surface area contributed by atoms with Gasteiger partial charge in [0.25, 0.3) is 0 Å². The van der Waals surface area contributed by atoms with Crippen molar-refractivity contribution in [2.45, 2.75) is 11.4 Å². The van der Waals surface area contributed by atoms with Gasteiger partial charge in [0, 0.05) is 6.54 Å². The molecule has 17 heavy (non-hydrogen) atoms. The Labute approximate surface area is 107 Å². The molecule has 0 spiro atoms. The number of aliphatic carboxylic acids is 1. The van der Waals surface area contributed by atoms with Gasteiger partial charge in [0.05, 0.1) is 0 Å². The Morgan fingerprint density at radius 2 is 2.00 bits per heavy atom. The van der Waals surface area contributed by atoms with Crippen LogP contribution in [0.5, 0.6) is 0 Å². The smallest absolute Gasteiger partial charge is 0.407 e. The standard InChI is InChI=1S/C11H12BrNO4/c12-9(10(14)15)6-13-11(16)17-7-8-4-2-1-3-5-8/h1-5,9H,6-7H2,(H,13,16)(H,14,15). The number of hydrogen-bond donors (Lipinski definition) is 2. The molecule has 1 unspecified atom stereocenters. The predicted octanol–water partition coefficient (Wildman–Crippen LogP) is 1.76. The quantitative estimate of drug-likeness (QED) is 0.813. The minimum atomic E-state index is -1.03. The van der Waals surface area contributed by atoms with E-state index in [2.05, 4.69) is 21.2 Å². The van der Waals surface area contributed by atoms with Crippen molar-refractivity contribution in [3.8, 4) is 0 Å². The number of rotatable bonds is 5. The largest absolute Gasteiger partial charge is 0.480 e. The highest BCUT2D eigenvalue weighted by atomic mass is 79.9. The first-order valence-electron chi connectivity index (χ1n) is 4.91. The van der Waals surface area contributed by atoms with Crippen molar-refractivity contribution in [2.75, 3.05) is 6.54 Å². The van der Waals surface area contributed by atoms with Crippen LogP contribution in [0.2, 0.25) is 0 Å². The SMILES string of the molecule is O=C(NCC(Br)C(=O)O)OCc1ccccc1. The van der Waals surface area contributed by atoms with E-state index in [1.165, 1.54) is 0 Å². The number of alkyl halides is 1. The van der Waals surface area contributed by atoms with E-state index in [1.807, 2.05) is 30.3 Å². The van der Waals surface area contributed by atoms with Crippen molar-refractivity contribution >= 4 is 28.0 Å². The zero-order chi connectivity index (χ0) is 12.7. The third-order valence-corrected chi connectivity index (χ3v) is 2.62. The van der Waals surface area contributed by atoms with Gasteiger partial charge in [-0.2, -0.15) is 0 Å². The highest BCUT2D eigenvalue weighted by molar-refractivity contribution is 9.10. The second kappa shape index (κ2) is 6.90. The fraction of sp³-hybridized carbons (Fsp3) is 0.273. The molecule has 5 nitrogen and oxygen atoms in total. The van der Waals surface area contributed by atoms with Crippen LogP contribution in [-0.2, 0) is 16.1 Å². The van der Waals surface area contributed by atoms with Crippen LogP contribution in [0, 0.1) is 0 Å². The van der Waals surface area contributed by atoms with Gasteiger partial charge in [0.15, 0.2) is 0 Å². The maximum Gasteiger partial charge on any atom is 0.407 e. The van der Waals surface area contributed by atoms with Gasteiger partial charge >= 0.3 is 12.1 Å². The van der Waals surface area contributed by atoms with Crippen LogP contribution in [-0.4, -0.2) is 28.5 Å². The lowest BCUT2D eigenvalue weighted by Gasteiger charge is -2.08. The third kappa shape index (κ3) is 5.35. The molecule has 0 fully saturated rings. The number of carboxylic acids is 1. The molecule has 0 aliphatic rings. The molecule has 1 amide bonds. The van der Waals surface area contributed by atoms with E-state index in [4.69, 9.17) is 9.84 Å². The summed E-state index contributed by atoms with van der Waals surface area (Å²) >= 11 is 2.90. The van der Waals surface area contributed by atoms with Crippen molar-refractivity contribution in [3.63, 3.8) is 0 Å². The lowest BCUT2D eigenvalue weighted by Crippen LogP contribution is -2.33. The van der Waals surface area contributed by atoms with Crippen LogP contribution in [0.15, 0.2) is 30.3 Å². The minimum absolute atomic E-state index is 0.0248. The highest BCUT2D eigenvalue weighted by Gasteiger charge is 2.14. The van der Waals surface area contributed by atoms with Gasteiger partial charge < -0.3 is 15.2 Å². The molecule has 0 bridgehead atoms. The topological polar surface area (TPSA) is 75.6 Å². The maximum absolute atomic E-state index is 11.2. The van der Waals surface area contributed by atoms with Gasteiger partial charge in [-0.15, -0.1) is 0 Å². The number of amides is 1. The van der Waals surface area contributed by atoms with Crippen LogP contribution in [0.4, 0.5) is 4.79 Å².